The number of rotatable bonds is 4. The molecule has 1 fully saturated rings. The molecule has 0 aromatic carbocycles. The standard InChI is InChI=1S/C8H17NO/c1-7(10)5-9-6-8(2)3-4-8/h7,9-10H,3-6H2,1-2H3/t7-/m0/s1. The third-order valence-corrected chi connectivity index (χ3v) is 2.10. The summed E-state index contributed by atoms with van der Waals surface area (Å²) in [5.41, 5.74) is 0.564. The molecule has 0 spiro atoms. The van der Waals surface area contributed by atoms with Gasteiger partial charge in [-0.1, -0.05) is 6.92 Å². The summed E-state index contributed by atoms with van der Waals surface area (Å²) in [6, 6.07) is 0. The van der Waals surface area contributed by atoms with Crippen LogP contribution in [0.25, 0.3) is 0 Å². The van der Waals surface area contributed by atoms with Crippen LogP contribution in [0.3, 0.4) is 0 Å². The smallest absolute Gasteiger partial charge is 0.0636 e. The number of aliphatic hydroxyl groups is 1. The van der Waals surface area contributed by atoms with Gasteiger partial charge in [-0.05, 0) is 25.2 Å². The van der Waals surface area contributed by atoms with Gasteiger partial charge in [-0.2, -0.15) is 0 Å². The monoisotopic (exact) mass is 143 g/mol. The van der Waals surface area contributed by atoms with Crippen LogP contribution in [0.15, 0.2) is 0 Å². The molecule has 0 amide bonds. The normalized spacial score (nSPS) is 24.3. The van der Waals surface area contributed by atoms with Crippen molar-refractivity contribution in [3.05, 3.63) is 0 Å². The highest BCUT2D eigenvalue weighted by Gasteiger charge is 2.36. The molecule has 0 saturated heterocycles. The summed E-state index contributed by atoms with van der Waals surface area (Å²) in [6.45, 7) is 5.89. The van der Waals surface area contributed by atoms with Crippen molar-refractivity contribution in [1.82, 2.24) is 5.32 Å². The Balaban J connectivity index is 1.95. The predicted octanol–water partition coefficient (Wildman–Crippen LogP) is 0.757. The lowest BCUT2D eigenvalue weighted by Gasteiger charge is -2.10. The molecule has 0 heterocycles. The molecule has 1 rings (SSSR count). The topological polar surface area (TPSA) is 32.3 Å². The van der Waals surface area contributed by atoms with Gasteiger partial charge in [0.1, 0.15) is 0 Å². The SMILES string of the molecule is C[C@H](O)CNCC1(C)CC1. The van der Waals surface area contributed by atoms with Gasteiger partial charge in [0.2, 0.25) is 0 Å². The Bertz CT molecular complexity index is 108. The van der Waals surface area contributed by atoms with Crippen LogP contribution < -0.4 is 5.32 Å². The third-order valence-electron chi connectivity index (χ3n) is 2.10. The molecule has 2 heteroatoms. The predicted molar refractivity (Wildman–Crippen MR) is 41.9 cm³/mol. The molecule has 0 aromatic rings. The Kier molecular flexibility index (Phi) is 2.32. The van der Waals surface area contributed by atoms with Crippen molar-refractivity contribution in [2.45, 2.75) is 32.8 Å². The fourth-order valence-electron chi connectivity index (χ4n) is 0.973. The van der Waals surface area contributed by atoms with E-state index >= 15 is 0 Å². The van der Waals surface area contributed by atoms with E-state index in [1.807, 2.05) is 6.92 Å². The molecule has 0 radical (unpaired) electrons. The second-order valence-electron chi connectivity index (χ2n) is 3.79. The molecule has 1 aliphatic rings. The maximum Gasteiger partial charge on any atom is 0.0636 e. The number of hydrogen-bond donors (Lipinski definition) is 2. The maximum atomic E-state index is 8.91. The fourth-order valence-corrected chi connectivity index (χ4v) is 0.973. The van der Waals surface area contributed by atoms with E-state index in [9.17, 15) is 0 Å². The van der Waals surface area contributed by atoms with Crippen LogP contribution in [-0.4, -0.2) is 24.3 Å². The summed E-state index contributed by atoms with van der Waals surface area (Å²) in [5.74, 6) is 0. The Hall–Kier alpha value is -0.0800. The van der Waals surface area contributed by atoms with Crippen LogP contribution in [0, 0.1) is 5.41 Å². The largest absolute Gasteiger partial charge is 0.392 e. The van der Waals surface area contributed by atoms with Crippen molar-refractivity contribution in [1.29, 1.82) is 0 Å². The van der Waals surface area contributed by atoms with E-state index in [1.165, 1.54) is 12.8 Å². The molecule has 1 atom stereocenters. The zero-order valence-corrected chi connectivity index (χ0v) is 6.85. The highest BCUT2D eigenvalue weighted by molar-refractivity contribution is 4.90. The van der Waals surface area contributed by atoms with E-state index in [1.54, 1.807) is 0 Å². The highest BCUT2D eigenvalue weighted by atomic mass is 16.3. The summed E-state index contributed by atoms with van der Waals surface area (Å²) in [4.78, 5) is 0. The van der Waals surface area contributed by atoms with E-state index in [0.717, 1.165) is 13.1 Å². The average molecular weight is 143 g/mol. The van der Waals surface area contributed by atoms with Gasteiger partial charge in [0.15, 0.2) is 0 Å². The van der Waals surface area contributed by atoms with Crippen molar-refractivity contribution in [3.63, 3.8) is 0 Å². The summed E-state index contributed by atoms with van der Waals surface area (Å²) in [7, 11) is 0. The summed E-state index contributed by atoms with van der Waals surface area (Å²) in [5, 5.41) is 12.1. The zero-order chi connectivity index (χ0) is 7.61. The Labute approximate surface area is 62.6 Å². The van der Waals surface area contributed by atoms with E-state index in [4.69, 9.17) is 5.11 Å². The Morgan fingerprint density at radius 3 is 2.60 bits per heavy atom. The van der Waals surface area contributed by atoms with E-state index in [-0.39, 0.29) is 6.10 Å². The molecule has 2 N–H and O–H groups in total. The Morgan fingerprint density at radius 2 is 2.20 bits per heavy atom. The van der Waals surface area contributed by atoms with E-state index in [0.29, 0.717) is 5.41 Å². The number of nitrogens with one attached hydrogen (secondary N) is 1. The van der Waals surface area contributed by atoms with Crippen LogP contribution >= 0.6 is 0 Å². The van der Waals surface area contributed by atoms with Gasteiger partial charge in [0.25, 0.3) is 0 Å². The van der Waals surface area contributed by atoms with Crippen LogP contribution in [0.4, 0.5) is 0 Å². The summed E-state index contributed by atoms with van der Waals surface area (Å²) >= 11 is 0. The summed E-state index contributed by atoms with van der Waals surface area (Å²) in [6.07, 6.45) is 2.49. The average Bonchev–Trinajstić information content (AvgIpc) is 2.47. The van der Waals surface area contributed by atoms with Gasteiger partial charge in [-0.15, -0.1) is 0 Å². The lowest BCUT2D eigenvalue weighted by Crippen LogP contribution is -2.29. The van der Waals surface area contributed by atoms with Crippen molar-refractivity contribution >= 4 is 0 Å². The first-order valence-electron chi connectivity index (χ1n) is 4.01. The lowest BCUT2D eigenvalue weighted by molar-refractivity contribution is 0.189. The van der Waals surface area contributed by atoms with E-state index in [2.05, 4.69) is 12.2 Å². The zero-order valence-electron chi connectivity index (χ0n) is 6.85. The number of hydrogen-bond acceptors (Lipinski definition) is 2. The van der Waals surface area contributed by atoms with Crippen LogP contribution in [0.2, 0.25) is 0 Å². The molecule has 0 bridgehead atoms. The molecule has 10 heavy (non-hydrogen) atoms. The minimum atomic E-state index is -0.206. The number of aliphatic hydroxyl groups excluding tert-OH is 1. The molecule has 1 saturated carbocycles. The van der Waals surface area contributed by atoms with Crippen molar-refractivity contribution < 1.29 is 5.11 Å². The minimum Gasteiger partial charge on any atom is -0.392 e. The molecular weight excluding hydrogens is 126 g/mol. The molecular formula is C8H17NO. The maximum absolute atomic E-state index is 8.91. The minimum absolute atomic E-state index is 0.206. The van der Waals surface area contributed by atoms with E-state index < -0.39 is 0 Å². The van der Waals surface area contributed by atoms with Gasteiger partial charge in [-0.25, -0.2) is 0 Å². The lowest BCUT2D eigenvalue weighted by atomic mass is 10.1. The van der Waals surface area contributed by atoms with Crippen molar-refractivity contribution in [2.24, 2.45) is 5.41 Å². The molecule has 1 aliphatic carbocycles. The van der Waals surface area contributed by atoms with Crippen LogP contribution in [-0.2, 0) is 0 Å². The van der Waals surface area contributed by atoms with Gasteiger partial charge in [0.05, 0.1) is 6.10 Å². The van der Waals surface area contributed by atoms with Crippen molar-refractivity contribution in [3.8, 4) is 0 Å². The molecule has 0 unspecified atom stereocenters. The summed E-state index contributed by atoms with van der Waals surface area (Å²) < 4.78 is 0. The Morgan fingerprint density at radius 1 is 1.60 bits per heavy atom. The van der Waals surface area contributed by atoms with Gasteiger partial charge >= 0.3 is 0 Å². The van der Waals surface area contributed by atoms with Gasteiger partial charge in [-0.3, -0.25) is 0 Å². The van der Waals surface area contributed by atoms with Gasteiger partial charge in [0, 0.05) is 13.1 Å². The van der Waals surface area contributed by atoms with Crippen LogP contribution in [0.1, 0.15) is 26.7 Å². The second-order valence-corrected chi connectivity index (χ2v) is 3.79. The first-order chi connectivity index (χ1) is 4.62. The molecule has 60 valence electrons. The van der Waals surface area contributed by atoms with Crippen molar-refractivity contribution in [2.75, 3.05) is 13.1 Å². The second kappa shape index (κ2) is 2.89. The molecule has 0 aromatic heterocycles. The first-order valence-corrected chi connectivity index (χ1v) is 4.01. The first kappa shape index (κ1) is 8.02. The fraction of sp³-hybridized carbons (Fsp3) is 1.00. The highest BCUT2D eigenvalue weighted by Crippen LogP contribution is 2.43. The quantitative estimate of drug-likeness (QED) is 0.609. The molecule has 2 nitrogen and oxygen atoms in total. The molecule has 0 aliphatic heterocycles. The van der Waals surface area contributed by atoms with Gasteiger partial charge < -0.3 is 10.4 Å². The third kappa shape index (κ3) is 2.67. The van der Waals surface area contributed by atoms with Crippen LogP contribution in [0.5, 0.6) is 0 Å².